The molecule has 1 atom stereocenters. The van der Waals surface area contributed by atoms with Crippen molar-refractivity contribution in [3.63, 3.8) is 0 Å². The van der Waals surface area contributed by atoms with Crippen molar-refractivity contribution in [2.45, 2.75) is 12.5 Å². The standard InChI is InChI=1S/C15H17N5O3/c1-23-12(21)8-17-15(22)20-7-4-11-13(19-9-18-11)14(20)10-2-5-16-6-3-10/h2-3,5-6,9,14H,4,7-8H2,1H3,(H,17,22)(H,18,19)/t14-/m0/s1. The van der Waals surface area contributed by atoms with Gasteiger partial charge in [0, 0.05) is 31.1 Å². The maximum absolute atomic E-state index is 12.5. The number of amides is 2. The normalized spacial score (nSPS) is 16.6. The zero-order valence-corrected chi connectivity index (χ0v) is 12.7. The predicted molar refractivity (Wildman–Crippen MR) is 80.5 cm³/mol. The zero-order valence-electron chi connectivity index (χ0n) is 12.7. The number of rotatable bonds is 3. The van der Waals surface area contributed by atoms with E-state index in [1.807, 2.05) is 12.1 Å². The van der Waals surface area contributed by atoms with Crippen molar-refractivity contribution in [3.05, 3.63) is 47.8 Å². The average molecular weight is 315 g/mol. The molecule has 3 rings (SSSR count). The molecule has 0 radical (unpaired) electrons. The molecule has 2 N–H and O–H groups in total. The number of fused-ring (bicyclic) bond motifs is 1. The van der Waals surface area contributed by atoms with Crippen molar-refractivity contribution in [1.82, 2.24) is 25.2 Å². The fraction of sp³-hybridized carbons (Fsp3) is 0.333. The third kappa shape index (κ3) is 3.01. The fourth-order valence-corrected chi connectivity index (χ4v) is 2.70. The van der Waals surface area contributed by atoms with E-state index in [1.165, 1.54) is 7.11 Å². The number of imidazole rings is 1. The topological polar surface area (TPSA) is 100 Å². The van der Waals surface area contributed by atoms with Crippen LogP contribution in [0.15, 0.2) is 30.9 Å². The van der Waals surface area contributed by atoms with Gasteiger partial charge in [0.05, 0.1) is 19.1 Å². The molecule has 120 valence electrons. The molecule has 0 saturated heterocycles. The summed E-state index contributed by atoms with van der Waals surface area (Å²) in [5, 5.41) is 2.58. The van der Waals surface area contributed by atoms with E-state index in [0.29, 0.717) is 13.0 Å². The largest absolute Gasteiger partial charge is 0.468 e. The van der Waals surface area contributed by atoms with Gasteiger partial charge in [0.1, 0.15) is 12.6 Å². The van der Waals surface area contributed by atoms with Crippen molar-refractivity contribution >= 4 is 12.0 Å². The van der Waals surface area contributed by atoms with E-state index >= 15 is 0 Å². The first kappa shape index (κ1) is 15.0. The monoisotopic (exact) mass is 315 g/mol. The van der Waals surface area contributed by atoms with Crippen LogP contribution in [0.3, 0.4) is 0 Å². The molecule has 0 aromatic carbocycles. The first-order valence-electron chi connectivity index (χ1n) is 7.24. The van der Waals surface area contributed by atoms with Gasteiger partial charge < -0.3 is 19.9 Å². The summed E-state index contributed by atoms with van der Waals surface area (Å²) in [6, 6.07) is 3.07. The summed E-state index contributed by atoms with van der Waals surface area (Å²) in [5.41, 5.74) is 2.75. The number of aromatic amines is 1. The maximum Gasteiger partial charge on any atom is 0.325 e. The molecule has 23 heavy (non-hydrogen) atoms. The molecule has 2 aromatic heterocycles. The Bertz CT molecular complexity index is 700. The molecule has 0 bridgehead atoms. The minimum absolute atomic E-state index is 0.164. The molecule has 0 unspecified atom stereocenters. The van der Waals surface area contributed by atoms with Crippen LogP contribution in [0, 0.1) is 0 Å². The highest BCUT2D eigenvalue weighted by atomic mass is 16.5. The summed E-state index contributed by atoms with van der Waals surface area (Å²) in [6.45, 7) is 0.359. The average Bonchev–Trinajstić information content (AvgIpc) is 3.07. The van der Waals surface area contributed by atoms with E-state index in [9.17, 15) is 9.59 Å². The first-order chi connectivity index (χ1) is 11.2. The Morgan fingerprint density at radius 1 is 1.43 bits per heavy atom. The number of H-pyrrole nitrogens is 1. The second kappa shape index (κ2) is 6.47. The van der Waals surface area contributed by atoms with Crippen LogP contribution in [0.25, 0.3) is 0 Å². The number of ether oxygens (including phenoxy) is 1. The van der Waals surface area contributed by atoms with E-state index in [4.69, 9.17) is 0 Å². The van der Waals surface area contributed by atoms with Gasteiger partial charge in [-0.3, -0.25) is 9.78 Å². The van der Waals surface area contributed by atoms with Gasteiger partial charge in [-0.05, 0) is 17.7 Å². The van der Waals surface area contributed by atoms with Gasteiger partial charge in [-0.15, -0.1) is 0 Å². The van der Waals surface area contributed by atoms with E-state index in [1.54, 1.807) is 23.6 Å². The number of pyridine rings is 1. The lowest BCUT2D eigenvalue weighted by Gasteiger charge is -2.35. The molecule has 0 saturated carbocycles. The quantitative estimate of drug-likeness (QED) is 0.809. The number of aromatic nitrogens is 3. The molecule has 0 spiro atoms. The van der Waals surface area contributed by atoms with Crippen LogP contribution in [0.2, 0.25) is 0 Å². The smallest absolute Gasteiger partial charge is 0.325 e. The highest BCUT2D eigenvalue weighted by Crippen LogP contribution is 2.32. The number of hydrogen-bond acceptors (Lipinski definition) is 5. The summed E-state index contributed by atoms with van der Waals surface area (Å²) in [5.74, 6) is -0.490. The lowest BCUT2D eigenvalue weighted by atomic mass is 9.97. The molecule has 3 heterocycles. The second-order valence-corrected chi connectivity index (χ2v) is 5.13. The SMILES string of the molecule is COC(=O)CNC(=O)N1CCc2[nH]cnc2[C@@H]1c1ccncc1. The third-order valence-corrected chi connectivity index (χ3v) is 3.82. The van der Waals surface area contributed by atoms with Crippen LogP contribution < -0.4 is 5.32 Å². The summed E-state index contributed by atoms with van der Waals surface area (Å²) in [4.78, 5) is 36.9. The summed E-state index contributed by atoms with van der Waals surface area (Å²) in [6.07, 6.45) is 5.68. The number of carbonyl (C=O) groups excluding carboxylic acids is 2. The molecule has 1 aliphatic rings. The van der Waals surface area contributed by atoms with Gasteiger partial charge in [0.15, 0.2) is 0 Å². The number of esters is 1. The van der Waals surface area contributed by atoms with E-state index in [-0.39, 0.29) is 18.6 Å². The third-order valence-electron chi connectivity index (χ3n) is 3.82. The summed E-state index contributed by atoms with van der Waals surface area (Å²) in [7, 11) is 1.28. The van der Waals surface area contributed by atoms with Gasteiger partial charge in [0.2, 0.25) is 0 Å². The number of nitrogens with zero attached hydrogens (tertiary/aromatic N) is 3. The van der Waals surface area contributed by atoms with Crippen molar-refractivity contribution < 1.29 is 14.3 Å². The van der Waals surface area contributed by atoms with Crippen molar-refractivity contribution in [2.24, 2.45) is 0 Å². The van der Waals surface area contributed by atoms with Crippen LogP contribution >= 0.6 is 0 Å². The number of carbonyl (C=O) groups is 2. The van der Waals surface area contributed by atoms with E-state index in [2.05, 4.69) is 25.0 Å². The Labute approximate surface area is 132 Å². The Kier molecular flexibility index (Phi) is 4.22. The lowest BCUT2D eigenvalue weighted by Crippen LogP contribution is -2.47. The van der Waals surface area contributed by atoms with Gasteiger partial charge in [-0.25, -0.2) is 9.78 Å². The van der Waals surface area contributed by atoms with Gasteiger partial charge in [0.25, 0.3) is 0 Å². The first-order valence-corrected chi connectivity index (χ1v) is 7.24. The number of nitrogens with one attached hydrogen (secondary N) is 2. The highest BCUT2D eigenvalue weighted by Gasteiger charge is 2.34. The molecular formula is C15H17N5O3. The minimum atomic E-state index is -0.490. The van der Waals surface area contributed by atoms with E-state index in [0.717, 1.165) is 17.0 Å². The van der Waals surface area contributed by atoms with Crippen LogP contribution in [0.1, 0.15) is 23.0 Å². The predicted octanol–water partition coefficient (Wildman–Crippen LogP) is 0.635. The number of hydrogen-bond donors (Lipinski definition) is 2. The van der Waals surface area contributed by atoms with Crippen LogP contribution in [0.5, 0.6) is 0 Å². The van der Waals surface area contributed by atoms with E-state index < -0.39 is 5.97 Å². The van der Waals surface area contributed by atoms with Crippen molar-refractivity contribution in [3.8, 4) is 0 Å². The lowest BCUT2D eigenvalue weighted by molar-refractivity contribution is -0.139. The van der Waals surface area contributed by atoms with Crippen LogP contribution in [-0.2, 0) is 16.0 Å². The Hall–Kier alpha value is -2.90. The summed E-state index contributed by atoms with van der Waals surface area (Å²) < 4.78 is 4.55. The summed E-state index contributed by atoms with van der Waals surface area (Å²) >= 11 is 0. The van der Waals surface area contributed by atoms with Gasteiger partial charge in [-0.2, -0.15) is 0 Å². The molecule has 0 fully saturated rings. The van der Waals surface area contributed by atoms with Crippen LogP contribution in [-0.4, -0.2) is 52.1 Å². The minimum Gasteiger partial charge on any atom is -0.468 e. The molecule has 2 aromatic rings. The fourth-order valence-electron chi connectivity index (χ4n) is 2.70. The molecule has 2 amide bonds. The molecule has 0 aliphatic carbocycles. The molecule has 8 heteroatoms. The number of urea groups is 1. The molecule has 1 aliphatic heterocycles. The Morgan fingerprint density at radius 2 is 2.22 bits per heavy atom. The maximum atomic E-state index is 12.5. The molecular weight excluding hydrogens is 298 g/mol. The Morgan fingerprint density at radius 3 is 2.96 bits per heavy atom. The second-order valence-electron chi connectivity index (χ2n) is 5.13. The Balaban J connectivity index is 1.87. The van der Waals surface area contributed by atoms with Crippen molar-refractivity contribution in [2.75, 3.05) is 20.2 Å². The molecule has 8 nitrogen and oxygen atoms in total. The van der Waals surface area contributed by atoms with Gasteiger partial charge in [-0.1, -0.05) is 0 Å². The van der Waals surface area contributed by atoms with Crippen molar-refractivity contribution in [1.29, 1.82) is 0 Å². The zero-order chi connectivity index (χ0) is 16.2. The number of methoxy groups -OCH3 is 1. The van der Waals surface area contributed by atoms with Crippen LogP contribution in [0.4, 0.5) is 4.79 Å². The van der Waals surface area contributed by atoms with Gasteiger partial charge >= 0.3 is 12.0 Å². The highest BCUT2D eigenvalue weighted by molar-refractivity contribution is 5.81.